The molecule has 0 aromatic carbocycles. The van der Waals surface area contributed by atoms with Gasteiger partial charge in [0.15, 0.2) is 0 Å². The van der Waals surface area contributed by atoms with E-state index in [1.54, 1.807) is 0 Å². The number of hydrogen-bond acceptors (Lipinski definition) is 2. The van der Waals surface area contributed by atoms with Gasteiger partial charge in [0.25, 0.3) is 0 Å². The topological polar surface area (TPSA) is 37.6 Å². The lowest BCUT2D eigenvalue weighted by atomic mass is 10.2. The van der Waals surface area contributed by atoms with Crippen molar-refractivity contribution < 1.29 is 5.11 Å². The summed E-state index contributed by atoms with van der Waals surface area (Å²) in [4.78, 5) is 2.02. The Morgan fingerprint density at radius 3 is 2.33 bits per heavy atom. The molecule has 0 aromatic heterocycles. The van der Waals surface area contributed by atoms with Gasteiger partial charge in [0.1, 0.15) is 0 Å². The molecule has 1 aliphatic heterocycles. The first-order valence-corrected chi connectivity index (χ1v) is 3.19. The Morgan fingerprint density at radius 2 is 2.11 bits per heavy atom. The fourth-order valence-electron chi connectivity index (χ4n) is 1.09. The van der Waals surface area contributed by atoms with Gasteiger partial charge in [-0.25, -0.2) is 5.32 Å². The lowest BCUT2D eigenvalue weighted by Gasteiger charge is -2.20. The molecule has 3 heteroatoms. The molecule has 0 amide bonds. The molecule has 0 saturated carbocycles. The molecule has 0 aromatic rings. The van der Waals surface area contributed by atoms with Gasteiger partial charge in [0.2, 0.25) is 0 Å². The van der Waals surface area contributed by atoms with Crippen LogP contribution in [0.5, 0.6) is 0 Å². The van der Waals surface area contributed by atoms with Crippen LogP contribution in [0.3, 0.4) is 0 Å². The third-order valence-corrected chi connectivity index (χ3v) is 1.74. The van der Waals surface area contributed by atoms with E-state index in [0.717, 1.165) is 6.54 Å². The number of nitrogens with zero attached hydrogens (tertiary/aromatic N) is 2. The van der Waals surface area contributed by atoms with Crippen molar-refractivity contribution in [1.82, 2.24) is 10.2 Å². The maximum Gasteiger partial charge on any atom is 0.0848 e. The van der Waals surface area contributed by atoms with Crippen molar-refractivity contribution in [3.8, 4) is 0 Å². The minimum Gasteiger partial charge on any atom is -0.390 e. The van der Waals surface area contributed by atoms with Gasteiger partial charge in [-0.3, -0.25) is 0 Å². The largest absolute Gasteiger partial charge is 0.390 e. The van der Waals surface area contributed by atoms with Crippen LogP contribution in [0.2, 0.25) is 0 Å². The lowest BCUT2D eigenvalue weighted by molar-refractivity contribution is 0.114. The van der Waals surface area contributed by atoms with Crippen LogP contribution < -0.4 is 5.32 Å². The Kier molecular flexibility index (Phi) is 2.05. The molecule has 9 heavy (non-hydrogen) atoms. The number of likely N-dealkylation sites (N-methyl/N-ethyl adjacent to an activating group) is 1. The van der Waals surface area contributed by atoms with Crippen molar-refractivity contribution >= 4 is 0 Å². The first kappa shape index (κ1) is 6.99. The molecule has 0 aliphatic carbocycles. The molecule has 1 heterocycles. The average Bonchev–Trinajstić information content (AvgIpc) is 2.13. The summed E-state index contributed by atoms with van der Waals surface area (Å²) in [5, 5.41) is 13.3. The molecule has 1 saturated heterocycles. The summed E-state index contributed by atoms with van der Waals surface area (Å²) in [6.07, 6.45) is -0.236. The summed E-state index contributed by atoms with van der Waals surface area (Å²) in [7, 11) is 3.93. The quantitative estimate of drug-likeness (QED) is 0.488. The lowest BCUT2D eigenvalue weighted by Crippen LogP contribution is -2.37. The Labute approximate surface area is 55.7 Å². The highest BCUT2D eigenvalue weighted by Gasteiger charge is 2.26. The number of aliphatic hydroxyl groups excluding tert-OH is 1. The Balaban J connectivity index is 2.40. The standard InChI is InChI=1S/C6H13N2O/c1-8(2)5-3-7-4-6(5)9/h5-6,9H,3-4H2,1-2H3. The second-order valence-corrected chi connectivity index (χ2v) is 2.69. The van der Waals surface area contributed by atoms with E-state index in [1.165, 1.54) is 0 Å². The molecule has 0 spiro atoms. The summed E-state index contributed by atoms with van der Waals surface area (Å²) >= 11 is 0. The van der Waals surface area contributed by atoms with Crippen molar-refractivity contribution in [3.63, 3.8) is 0 Å². The fraction of sp³-hybridized carbons (Fsp3) is 1.00. The first-order valence-electron chi connectivity index (χ1n) is 3.19. The Bertz CT molecular complexity index is 95.1. The van der Waals surface area contributed by atoms with Gasteiger partial charge >= 0.3 is 0 Å². The molecule has 0 bridgehead atoms. The van der Waals surface area contributed by atoms with Crippen molar-refractivity contribution in [2.45, 2.75) is 12.1 Å². The molecule has 3 nitrogen and oxygen atoms in total. The van der Waals surface area contributed by atoms with Gasteiger partial charge < -0.3 is 10.0 Å². The second-order valence-electron chi connectivity index (χ2n) is 2.69. The molecular formula is C6H13N2O. The van der Waals surface area contributed by atoms with E-state index in [9.17, 15) is 5.11 Å². The molecule has 2 unspecified atom stereocenters. The normalized spacial score (nSPS) is 36.0. The van der Waals surface area contributed by atoms with Gasteiger partial charge in [-0.05, 0) is 14.1 Å². The molecule has 1 fully saturated rings. The number of aliphatic hydroxyl groups is 1. The summed E-state index contributed by atoms with van der Waals surface area (Å²) < 4.78 is 0. The maximum absolute atomic E-state index is 9.22. The van der Waals surface area contributed by atoms with Crippen molar-refractivity contribution in [3.05, 3.63) is 0 Å². The van der Waals surface area contributed by atoms with Crippen LogP contribution in [0.1, 0.15) is 0 Å². The number of rotatable bonds is 1. The SMILES string of the molecule is CN(C)C1C[N]CC1O. The smallest absolute Gasteiger partial charge is 0.0848 e. The second kappa shape index (κ2) is 2.64. The third kappa shape index (κ3) is 1.41. The van der Waals surface area contributed by atoms with Gasteiger partial charge in [-0.1, -0.05) is 0 Å². The zero-order valence-electron chi connectivity index (χ0n) is 5.91. The molecular weight excluding hydrogens is 116 g/mol. The zero-order chi connectivity index (χ0) is 6.85. The molecule has 1 aliphatic rings. The average molecular weight is 129 g/mol. The predicted molar refractivity (Wildman–Crippen MR) is 35.3 cm³/mol. The minimum atomic E-state index is -0.236. The number of hydrogen-bond donors (Lipinski definition) is 1. The fourth-order valence-corrected chi connectivity index (χ4v) is 1.09. The van der Waals surface area contributed by atoms with Crippen molar-refractivity contribution in [2.24, 2.45) is 0 Å². The van der Waals surface area contributed by atoms with Gasteiger partial charge in [0.05, 0.1) is 12.1 Å². The van der Waals surface area contributed by atoms with E-state index in [0.29, 0.717) is 6.54 Å². The summed E-state index contributed by atoms with van der Waals surface area (Å²) in [6.45, 7) is 1.40. The van der Waals surface area contributed by atoms with Crippen LogP contribution in [-0.2, 0) is 0 Å². The van der Waals surface area contributed by atoms with Crippen LogP contribution in [0, 0.1) is 0 Å². The van der Waals surface area contributed by atoms with E-state index in [4.69, 9.17) is 0 Å². The van der Waals surface area contributed by atoms with E-state index in [-0.39, 0.29) is 12.1 Å². The van der Waals surface area contributed by atoms with Crippen LogP contribution in [0.25, 0.3) is 0 Å². The van der Waals surface area contributed by atoms with Crippen molar-refractivity contribution in [1.29, 1.82) is 0 Å². The predicted octanol–water partition coefficient (Wildman–Crippen LogP) is -1.10. The van der Waals surface area contributed by atoms with Crippen LogP contribution in [0.15, 0.2) is 0 Å². The van der Waals surface area contributed by atoms with Gasteiger partial charge in [-0.2, -0.15) is 0 Å². The molecule has 1 rings (SSSR count). The summed E-state index contributed by atoms with van der Waals surface area (Å²) in [5.41, 5.74) is 0. The highest BCUT2D eigenvalue weighted by molar-refractivity contribution is 4.85. The highest BCUT2D eigenvalue weighted by atomic mass is 16.3. The maximum atomic E-state index is 9.22. The minimum absolute atomic E-state index is 0.236. The molecule has 1 N–H and O–H groups in total. The van der Waals surface area contributed by atoms with E-state index < -0.39 is 0 Å². The van der Waals surface area contributed by atoms with E-state index in [1.807, 2.05) is 19.0 Å². The van der Waals surface area contributed by atoms with Crippen LogP contribution in [-0.4, -0.2) is 49.3 Å². The van der Waals surface area contributed by atoms with Crippen molar-refractivity contribution in [2.75, 3.05) is 27.2 Å². The van der Waals surface area contributed by atoms with Crippen LogP contribution >= 0.6 is 0 Å². The van der Waals surface area contributed by atoms with Crippen LogP contribution in [0.4, 0.5) is 0 Å². The zero-order valence-corrected chi connectivity index (χ0v) is 5.91. The highest BCUT2D eigenvalue weighted by Crippen LogP contribution is 2.05. The van der Waals surface area contributed by atoms with Gasteiger partial charge in [-0.15, -0.1) is 0 Å². The Morgan fingerprint density at radius 1 is 1.44 bits per heavy atom. The molecule has 53 valence electrons. The first-order chi connectivity index (χ1) is 4.22. The summed E-state index contributed by atoms with van der Waals surface area (Å²) in [6, 6.07) is 0.255. The monoisotopic (exact) mass is 129 g/mol. The third-order valence-electron chi connectivity index (χ3n) is 1.74. The van der Waals surface area contributed by atoms with E-state index in [2.05, 4.69) is 5.32 Å². The molecule has 1 radical (unpaired) electrons. The Hall–Kier alpha value is -0.120. The summed E-state index contributed by atoms with van der Waals surface area (Å²) in [5.74, 6) is 0. The molecule has 2 atom stereocenters. The van der Waals surface area contributed by atoms with E-state index >= 15 is 0 Å². The van der Waals surface area contributed by atoms with Gasteiger partial charge in [0, 0.05) is 13.1 Å².